The maximum atomic E-state index is 10.3. The van der Waals surface area contributed by atoms with E-state index in [1.165, 1.54) is 18.7 Å². The maximum Gasteiger partial charge on any atom is 0.251 e. The molecule has 0 spiro atoms. The molecule has 0 fully saturated rings. The molecule has 4 heteroatoms. The summed E-state index contributed by atoms with van der Waals surface area (Å²) in [6.45, 7) is 0. The first-order chi connectivity index (χ1) is 4.30. The minimum atomic E-state index is -0.504. The summed E-state index contributed by atoms with van der Waals surface area (Å²) >= 11 is 0. The van der Waals surface area contributed by atoms with Crippen LogP contribution in [0.3, 0.4) is 0 Å². The van der Waals surface area contributed by atoms with Crippen LogP contribution in [0.25, 0.3) is 0 Å². The minimum absolute atomic E-state index is 0. The first-order valence-electron chi connectivity index (χ1n) is 2.35. The average molecular weight is 125 g/mol. The van der Waals surface area contributed by atoms with Crippen LogP contribution in [0.4, 0.5) is 0 Å². The molecule has 1 aromatic rings. The number of carbonyl (C=O) groups excluding carboxylic acids is 1. The number of hydrogen-bond acceptors (Lipinski definition) is 3. The Morgan fingerprint density at radius 2 is 2.11 bits per heavy atom. The Bertz CT molecular complexity index is 213. The lowest BCUT2D eigenvalue weighted by molar-refractivity contribution is 0.0999. The van der Waals surface area contributed by atoms with E-state index in [1.54, 1.807) is 0 Å². The quantitative estimate of drug-likeness (QED) is 0.566. The lowest BCUT2D eigenvalue weighted by atomic mass is 10.3. The van der Waals surface area contributed by atoms with E-state index in [9.17, 15) is 4.79 Å². The standard InChI is InChI=1S/C5H5N3O.H2/c6-5(9)4-1-7-3-8-2-4;/h1-3H,(H2,6,9);1H. The molecule has 0 radical (unpaired) electrons. The zero-order chi connectivity index (χ0) is 6.69. The van der Waals surface area contributed by atoms with E-state index in [2.05, 4.69) is 9.97 Å². The van der Waals surface area contributed by atoms with Crippen LogP contribution >= 0.6 is 0 Å². The third kappa shape index (κ3) is 1.22. The van der Waals surface area contributed by atoms with Crippen LogP contribution in [0.5, 0.6) is 0 Å². The van der Waals surface area contributed by atoms with Crippen molar-refractivity contribution in [2.45, 2.75) is 0 Å². The SMILES string of the molecule is NC(=O)c1cncnc1.[HH]. The van der Waals surface area contributed by atoms with Crippen molar-refractivity contribution in [3.8, 4) is 0 Å². The molecule has 9 heavy (non-hydrogen) atoms. The molecule has 48 valence electrons. The van der Waals surface area contributed by atoms with E-state index in [0.29, 0.717) is 5.56 Å². The second-order valence-corrected chi connectivity index (χ2v) is 1.49. The monoisotopic (exact) mass is 125 g/mol. The van der Waals surface area contributed by atoms with Crippen molar-refractivity contribution < 1.29 is 6.22 Å². The van der Waals surface area contributed by atoms with E-state index < -0.39 is 5.91 Å². The summed E-state index contributed by atoms with van der Waals surface area (Å²) in [7, 11) is 0. The molecule has 1 aromatic heterocycles. The van der Waals surface area contributed by atoms with Gasteiger partial charge in [-0.05, 0) is 0 Å². The third-order valence-corrected chi connectivity index (χ3v) is 0.845. The van der Waals surface area contributed by atoms with Gasteiger partial charge in [0.2, 0.25) is 0 Å². The van der Waals surface area contributed by atoms with Gasteiger partial charge in [0.05, 0.1) is 5.56 Å². The van der Waals surface area contributed by atoms with Gasteiger partial charge in [-0.3, -0.25) is 4.79 Å². The van der Waals surface area contributed by atoms with Crippen LogP contribution < -0.4 is 5.73 Å². The molecule has 1 amide bonds. The molecule has 1 heterocycles. The fraction of sp³-hybridized carbons (Fsp3) is 0. The lowest BCUT2D eigenvalue weighted by Gasteiger charge is -1.88. The number of nitrogens with two attached hydrogens (primary N) is 1. The van der Waals surface area contributed by atoms with E-state index >= 15 is 0 Å². The van der Waals surface area contributed by atoms with E-state index in [4.69, 9.17) is 5.73 Å². The second-order valence-electron chi connectivity index (χ2n) is 1.49. The van der Waals surface area contributed by atoms with E-state index in [0.717, 1.165) is 0 Å². The Morgan fingerprint density at radius 3 is 2.44 bits per heavy atom. The molecule has 0 aliphatic heterocycles. The van der Waals surface area contributed by atoms with E-state index in [1.807, 2.05) is 0 Å². The molecule has 0 aliphatic rings. The van der Waals surface area contributed by atoms with Crippen LogP contribution in [-0.2, 0) is 0 Å². The van der Waals surface area contributed by atoms with Crippen molar-refractivity contribution in [3.05, 3.63) is 24.3 Å². The molecule has 0 unspecified atom stereocenters. The van der Waals surface area contributed by atoms with Crippen LogP contribution in [-0.4, -0.2) is 15.9 Å². The summed E-state index contributed by atoms with van der Waals surface area (Å²) in [6.07, 6.45) is 4.08. The fourth-order valence-corrected chi connectivity index (χ4v) is 0.426. The van der Waals surface area contributed by atoms with Gasteiger partial charge in [-0.15, -0.1) is 0 Å². The number of rotatable bonds is 1. The van der Waals surface area contributed by atoms with Gasteiger partial charge in [0.1, 0.15) is 6.33 Å². The van der Waals surface area contributed by atoms with Gasteiger partial charge >= 0.3 is 0 Å². The molecule has 4 nitrogen and oxygen atoms in total. The van der Waals surface area contributed by atoms with Crippen molar-refractivity contribution in [3.63, 3.8) is 0 Å². The first-order valence-corrected chi connectivity index (χ1v) is 2.35. The van der Waals surface area contributed by atoms with Gasteiger partial charge in [-0.2, -0.15) is 0 Å². The highest BCUT2D eigenvalue weighted by Crippen LogP contribution is 1.87. The van der Waals surface area contributed by atoms with Crippen LogP contribution in [0, 0.1) is 0 Å². The van der Waals surface area contributed by atoms with Gasteiger partial charge in [0.15, 0.2) is 0 Å². The zero-order valence-electron chi connectivity index (χ0n) is 4.61. The van der Waals surface area contributed by atoms with Crippen LogP contribution in [0.1, 0.15) is 11.8 Å². The van der Waals surface area contributed by atoms with Gasteiger partial charge in [0, 0.05) is 13.8 Å². The normalized spacial score (nSPS) is 8.89. The second kappa shape index (κ2) is 2.21. The Labute approximate surface area is 53.2 Å². The fourth-order valence-electron chi connectivity index (χ4n) is 0.426. The molecule has 0 saturated heterocycles. The van der Waals surface area contributed by atoms with E-state index in [-0.39, 0.29) is 1.43 Å². The van der Waals surface area contributed by atoms with Crippen molar-refractivity contribution in [2.75, 3.05) is 0 Å². The van der Waals surface area contributed by atoms with Crippen molar-refractivity contribution in [1.82, 2.24) is 9.97 Å². The highest BCUT2D eigenvalue weighted by molar-refractivity contribution is 5.91. The average Bonchev–Trinajstić information content (AvgIpc) is 1.90. The summed E-state index contributed by atoms with van der Waals surface area (Å²) in [6, 6.07) is 0. The summed E-state index contributed by atoms with van der Waals surface area (Å²) in [5.74, 6) is -0.504. The number of nitrogens with zero attached hydrogens (tertiary/aromatic N) is 2. The highest BCUT2D eigenvalue weighted by atomic mass is 16.1. The van der Waals surface area contributed by atoms with Crippen molar-refractivity contribution in [1.29, 1.82) is 0 Å². The maximum absolute atomic E-state index is 10.3. The van der Waals surface area contributed by atoms with Gasteiger partial charge in [-0.1, -0.05) is 0 Å². The number of carbonyl (C=O) groups is 1. The van der Waals surface area contributed by atoms with Gasteiger partial charge < -0.3 is 5.73 Å². The topological polar surface area (TPSA) is 68.9 Å². The molecule has 0 bridgehead atoms. The Kier molecular flexibility index (Phi) is 1.40. The molecule has 1 rings (SSSR count). The Morgan fingerprint density at radius 1 is 1.56 bits per heavy atom. The Hall–Kier alpha value is -1.45. The first kappa shape index (κ1) is 5.68. The minimum Gasteiger partial charge on any atom is -0.366 e. The number of primary amides is 1. The molecule has 0 atom stereocenters. The molecular weight excluding hydrogens is 118 g/mol. The predicted octanol–water partition coefficient (Wildman–Crippen LogP) is -0.179. The predicted molar refractivity (Wildman–Crippen MR) is 32.7 cm³/mol. The number of amides is 1. The summed E-state index contributed by atoms with van der Waals surface area (Å²) in [4.78, 5) is 17.5. The largest absolute Gasteiger partial charge is 0.366 e. The third-order valence-electron chi connectivity index (χ3n) is 0.845. The molecule has 0 aromatic carbocycles. The van der Waals surface area contributed by atoms with Crippen LogP contribution in [0.15, 0.2) is 18.7 Å². The number of hydrogen-bond donors (Lipinski definition) is 1. The molecule has 0 saturated carbocycles. The molecular formula is C5H7N3O. The number of aromatic nitrogens is 2. The molecule has 0 aliphatic carbocycles. The molecule has 2 N–H and O–H groups in total. The van der Waals surface area contributed by atoms with Crippen molar-refractivity contribution in [2.24, 2.45) is 5.73 Å². The van der Waals surface area contributed by atoms with Crippen LogP contribution in [0.2, 0.25) is 0 Å². The smallest absolute Gasteiger partial charge is 0.251 e. The highest BCUT2D eigenvalue weighted by Gasteiger charge is 1.96. The summed E-state index contributed by atoms with van der Waals surface area (Å²) in [5.41, 5.74) is 5.23. The van der Waals surface area contributed by atoms with Gasteiger partial charge in [-0.25, -0.2) is 9.97 Å². The van der Waals surface area contributed by atoms with Crippen molar-refractivity contribution >= 4 is 5.91 Å². The summed E-state index contributed by atoms with van der Waals surface area (Å²) < 4.78 is 0. The lowest BCUT2D eigenvalue weighted by Crippen LogP contribution is -2.11. The van der Waals surface area contributed by atoms with Gasteiger partial charge in [0.25, 0.3) is 5.91 Å². The Balaban J connectivity index is 0.000000810. The summed E-state index contributed by atoms with van der Waals surface area (Å²) in [5, 5.41) is 0. The zero-order valence-corrected chi connectivity index (χ0v) is 4.61.